The summed E-state index contributed by atoms with van der Waals surface area (Å²) in [6.07, 6.45) is -0.116. The molecule has 2 aromatic carbocycles. The highest BCUT2D eigenvalue weighted by atomic mass is 16.5. The minimum absolute atomic E-state index is 0.116. The lowest BCUT2D eigenvalue weighted by molar-refractivity contribution is 0.0696. The fourth-order valence-electron chi connectivity index (χ4n) is 1.94. The topological polar surface area (TPSA) is 66.8 Å². The number of benzene rings is 2. The van der Waals surface area contributed by atoms with Crippen LogP contribution in [0.2, 0.25) is 0 Å². The highest BCUT2D eigenvalue weighted by Crippen LogP contribution is 2.18. The monoisotopic (exact) mass is 313 g/mol. The van der Waals surface area contributed by atoms with Crippen LogP contribution in [0.4, 0.5) is 0 Å². The Bertz CT molecular complexity index is 707. The Labute approximate surface area is 135 Å². The van der Waals surface area contributed by atoms with Gasteiger partial charge in [0, 0.05) is 11.1 Å². The molecule has 0 aromatic heterocycles. The van der Waals surface area contributed by atoms with Crippen LogP contribution in [0.15, 0.2) is 48.5 Å². The number of ketones is 1. The number of nitrogens with zero attached hydrogens (tertiary/aromatic N) is 1. The van der Waals surface area contributed by atoms with Gasteiger partial charge < -0.3 is 9.84 Å². The summed E-state index contributed by atoms with van der Waals surface area (Å²) in [5.41, 5.74) is 1.09. The first-order valence-corrected chi connectivity index (χ1v) is 7.19. The second-order valence-corrected chi connectivity index (χ2v) is 5.42. The van der Waals surface area contributed by atoms with Crippen LogP contribution < -0.4 is 4.74 Å². The summed E-state index contributed by atoms with van der Waals surface area (Å²) in [5, 5.41) is 8.89. The first kappa shape index (κ1) is 16.7. The summed E-state index contributed by atoms with van der Waals surface area (Å²) in [5.74, 6) is -0.582. The van der Waals surface area contributed by atoms with E-state index in [0.29, 0.717) is 16.9 Å². The normalized spacial score (nSPS) is 12.0. The molecule has 5 nitrogen and oxygen atoms in total. The van der Waals surface area contributed by atoms with E-state index in [0.717, 1.165) is 0 Å². The van der Waals surface area contributed by atoms with E-state index in [1.54, 1.807) is 24.3 Å². The zero-order valence-electron chi connectivity index (χ0n) is 13.3. The number of ether oxygens (including phenoxy) is 1. The molecule has 23 heavy (non-hydrogen) atoms. The van der Waals surface area contributed by atoms with Crippen LogP contribution in [0.3, 0.4) is 0 Å². The number of rotatable bonds is 6. The lowest BCUT2D eigenvalue weighted by Gasteiger charge is -2.21. The molecule has 0 radical (unpaired) electrons. The zero-order chi connectivity index (χ0) is 17.0. The van der Waals surface area contributed by atoms with Gasteiger partial charge in [0.05, 0.1) is 5.56 Å². The number of hydrogen-bond donors (Lipinski definition) is 1. The number of carboxylic acid groups (broad SMARTS) is 1. The molecule has 2 aromatic rings. The summed E-state index contributed by atoms with van der Waals surface area (Å²) >= 11 is 0. The molecule has 1 N–H and O–H groups in total. The molecule has 0 amide bonds. The van der Waals surface area contributed by atoms with Crippen LogP contribution in [0.1, 0.15) is 33.2 Å². The van der Waals surface area contributed by atoms with E-state index in [1.807, 2.05) is 25.9 Å². The van der Waals surface area contributed by atoms with Crippen molar-refractivity contribution in [2.24, 2.45) is 0 Å². The highest BCUT2D eigenvalue weighted by Gasteiger charge is 2.12. The molecule has 5 heteroatoms. The van der Waals surface area contributed by atoms with Crippen molar-refractivity contribution in [1.29, 1.82) is 0 Å². The van der Waals surface area contributed by atoms with Crippen molar-refractivity contribution in [3.63, 3.8) is 0 Å². The van der Waals surface area contributed by atoms with Gasteiger partial charge >= 0.3 is 5.97 Å². The van der Waals surface area contributed by atoms with Crippen LogP contribution in [0.5, 0.6) is 5.75 Å². The van der Waals surface area contributed by atoms with E-state index >= 15 is 0 Å². The van der Waals surface area contributed by atoms with Crippen LogP contribution in [0, 0.1) is 0 Å². The molecule has 0 aliphatic rings. The maximum Gasteiger partial charge on any atom is 0.335 e. The van der Waals surface area contributed by atoms with E-state index in [2.05, 4.69) is 0 Å². The maximum absolute atomic E-state index is 12.5. The minimum Gasteiger partial charge on any atom is -0.478 e. The van der Waals surface area contributed by atoms with Gasteiger partial charge in [0.2, 0.25) is 0 Å². The Morgan fingerprint density at radius 2 is 1.61 bits per heavy atom. The van der Waals surface area contributed by atoms with Crippen molar-refractivity contribution < 1.29 is 19.4 Å². The van der Waals surface area contributed by atoms with Crippen molar-refractivity contribution in [2.75, 3.05) is 14.1 Å². The number of carbonyl (C=O) groups is 2. The fraction of sp³-hybridized carbons (Fsp3) is 0.222. The molecule has 120 valence electrons. The molecule has 0 spiro atoms. The third-order valence-corrected chi connectivity index (χ3v) is 3.52. The van der Waals surface area contributed by atoms with E-state index in [4.69, 9.17) is 9.84 Å². The van der Waals surface area contributed by atoms with Gasteiger partial charge in [0.15, 0.2) is 5.78 Å². The highest BCUT2D eigenvalue weighted by molar-refractivity contribution is 6.09. The fourth-order valence-corrected chi connectivity index (χ4v) is 1.94. The van der Waals surface area contributed by atoms with Crippen molar-refractivity contribution in [1.82, 2.24) is 4.90 Å². The largest absolute Gasteiger partial charge is 0.478 e. The van der Waals surface area contributed by atoms with Crippen molar-refractivity contribution >= 4 is 11.8 Å². The summed E-state index contributed by atoms with van der Waals surface area (Å²) in [4.78, 5) is 25.3. The molecule has 0 saturated heterocycles. The summed E-state index contributed by atoms with van der Waals surface area (Å²) < 4.78 is 5.75. The van der Waals surface area contributed by atoms with Gasteiger partial charge in [-0.25, -0.2) is 4.79 Å². The Hall–Kier alpha value is -2.66. The zero-order valence-corrected chi connectivity index (χ0v) is 13.3. The third kappa shape index (κ3) is 4.17. The molecule has 1 unspecified atom stereocenters. The Morgan fingerprint density at radius 3 is 2.17 bits per heavy atom. The van der Waals surface area contributed by atoms with Gasteiger partial charge in [-0.15, -0.1) is 0 Å². The van der Waals surface area contributed by atoms with E-state index in [1.165, 1.54) is 24.3 Å². The molecule has 0 aliphatic carbocycles. The molecule has 0 heterocycles. The van der Waals surface area contributed by atoms with Crippen LogP contribution in [0.25, 0.3) is 0 Å². The molecule has 0 saturated carbocycles. The van der Waals surface area contributed by atoms with Gasteiger partial charge in [-0.2, -0.15) is 0 Å². The first-order valence-electron chi connectivity index (χ1n) is 7.19. The first-order chi connectivity index (χ1) is 10.9. The predicted octanol–water partition coefficient (Wildman–Crippen LogP) is 2.90. The molecular weight excluding hydrogens is 294 g/mol. The van der Waals surface area contributed by atoms with Gasteiger partial charge in [-0.05, 0) is 45.3 Å². The lowest BCUT2D eigenvalue weighted by Crippen LogP contribution is -2.30. The summed E-state index contributed by atoms with van der Waals surface area (Å²) in [7, 11) is 3.81. The summed E-state index contributed by atoms with van der Waals surface area (Å²) in [6.45, 7) is 1.92. The smallest absolute Gasteiger partial charge is 0.335 e. The SMILES string of the molecule is CC(Oc1cccc(C(=O)c2ccc(C(=O)O)cc2)c1)N(C)C. The number of carbonyl (C=O) groups excluding carboxylic acids is 1. The van der Waals surface area contributed by atoms with Crippen LogP contribution in [-0.4, -0.2) is 42.1 Å². The second-order valence-electron chi connectivity index (χ2n) is 5.42. The quantitative estimate of drug-likeness (QED) is 0.656. The lowest BCUT2D eigenvalue weighted by atomic mass is 10.0. The minimum atomic E-state index is -1.02. The van der Waals surface area contributed by atoms with Crippen molar-refractivity contribution in [3.05, 3.63) is 65.2 Å². The van der Waals surface area contributed by atoms with Crippen LogP contribution >= 0.6 is 0 Å². The third-order valence-electron chi connectivity index (χ3n) is 3.52. The maximum atomic E-state index is 12.5. The van der Waals surface area contributed by atoms with E-state index < -0.39 is 5.97 Å². The second kappa shape index (κ2) is 7.07. The van der Waals surface area contributed by atoms with Crippen LogP contribution in [-0.2, 0) is 0 Å². The predicted molar refractivity (Wildman–Crippen MR) is 87.1 cm³/mol. The van der Waals surface area contributed by atoms with Gasteiger partial charge in [0.25, 0.3) is 0 Å². The Kier molecular flexibility index (Phi) is 5.13. The Balaban J connectivity index is 2.20. The molecule has 2 rings (SSSR count). The molecule has 0 aliphatic heterocycles. The molecular formula is C18H19NO4. The van der Waals surface area contributed by atoms with Gasteiger partial charge in [0.1, 0.15) is 12.0 Å². The van der Waals surface area contributed by atoms with E-state index in [-0.39, 0.29) is 17.6 Å². The van der Waals surface area contributed by atoms with Gasteiger partial charge in [-0.1, -0.05) is 24.3 Å². The summed E-state index contributed by atoms with van der Waals surface area (Å²) in [6, 6.07) is 12.8. The number of hydrogen-bond acceptors (Lipinski definition) is 4. The standard InChI is InChI=1S/C18H19NO4/c1-12(19(2)3)23-16-6-4-5-15(11-16)17(20)13-7-9-14(10-8-13)18(21)22/h4-12H,1-3H3,(H,21,22). The molecule has 1 atom stereocenters. The van der Waals surface area contributed by atoms with Crippen molar-refractivity contribution in [3.8, 4) is 5.75 Å². The van der Waals surface area contributed by atoms with Crippen molar-refractivity contribution in [2.45, 2.75) is 13.2 Å². The number of carboxylic acids is 1. The molecule has 0 fully saturated rings. The Morgan fingerprint density at radius 1 is 1.00 bits per heavy atom. The average molecular weight is 313 g/mol. The average Bonchev–Trinajstić information content (AvgIpc) is 2.54. The molecule has 0 bridgehead atoms. The van der Waals surface area contributed by atoms with Gasteiger partial charge in [-0.3, -0.25) is 9.69 Å². The number of aromatic carboxylic acids is 1. The van der Waals surface area contributed by atoms with E-state index in [9.17, 15) is 9.59 Å².